The number of amides is 3. The number of anilines is 1. The summed E-state index contributed by atoms with van der Waals surface area (Å²) >= 11 is 0.698. The van der Waals surface area contributed by atoms with E-state index in [1.807, 2.05) is 0 Å². The first kappa shape index (κ1) is 23.0. The number of nitrogens with one attached hydrogen (secondary N) is 1. The average molecular weight is 458 g/mol. The molecule has 0 bridgehead atoms. The first-order valence-electron chi connectivity index (χ1n) is 9.55. The molecule has 0 atom stereocenters. The molecule has 0 spiro atoms. The first-order valence-corrected chi connectivity index (χ1v) is 10.4. The number of rotatable bonds is 8. The molecule has 0 unspecified atom stereocenters. The highest BCUT2D eigenvalue weighted by molar-refractivity contribution is 8.18. The molecule has 1 heterocycles. The van der Waals surface area contributed by atoms with Crippen molar-refractivity contribution in [1.29, 1.82) is 0 Å². The lowest BCUT2D eigenvalue weighted by Gasteiger charge is -2.11. The normalized spacial score (nSPS) is 14.6. The topological polar surface area (TPSA) is 102 Å². The molecule has 1 aliphatic rings. The molecule has 2 aromatic rings. The molecule has 1 aliphatic heterocycles. The maximum Gasteiger partial charge on any atom is 0.326 e. The Labute approximate surface area is 187 Å². The Kier molecular flexibility index (Phi) is 7.61. The quantitative estimate of drug-likeness (QED) is 0.478. The van der Waals surface area contributed by atoms with E-state index in [2.05, 4.69) is 5.32 Å². The number of carbonyl (C=O) groups is 4. The molecule has 166 valence electrons. The number of nitrogens with zero attached hydrogens (tertiary/aromatic N) is 1. The lowest BCUT2D eigenvalue weighted by Crippen LogP contribution is -2.34. The van der Waals surface area contributed by atoms with Gasteiger partial charge in [-0.1, -0.05) is 18.2 Å². The average Bonchev–Trinajstić information content (AvgIpc) is 3.02. The zero-order valence-corrected chi connectivity index (χ0v) is 17.8. The fourth-order valence-corrected chi connectivity index (χ4v) is 3.55. The van der Waals surface area contributed by atoms with Crippen LogP contribution in [0.15, 0.2) is 53.4 Å². The van der Waals surface area contributed by atoms with Gasteiger partial charge in [-0.05, 0) is 55.1 Å². The Morgan fingerprint density at radius 1 is 1.12 bits per heavy atom. The molecule has 1 N–H and O–H groups in total. The van der Waals surface area contributed by atoms with Gasteiger partial charge in [-0.3, -0.25) is 24.1 Å². The van der Waals surface area contributed by atoms with E-state index < -0.39 is 35.4 Å². The van der Waals surface area contributed by atoms with Crippen LogP contribution in [0, 0.1) is 5.82 Å². The molecule has 0 saturated carbocycles. The minimum Gasteiger partial charge on any atom is -0.483 e. The van der Waals surface area contributed by atoms with Crippen molar-refractivity contribution in [3.63, 3.8) is 0 Å². The molecule has 3 rings (SSSR count). The van der Waals surface area contributed by atoms with E-state index in [0.717, 1.165) is 4.90 Å². The van der Waals surface area contributed by atoms with Crippen LogP contribution < -0.4 is 10.1 Å². The number of carbonyl (C=O) groups excluding carboxylic acids is 4. The third kappa shape index (κ3) is 5.94. The molecule has 0 radical (unpaired) electrons. The third-order valence-electron chi connectivity index (χ3n) is 4.16. The minimum absolute atomic E-state index is 0.117. The van der Waals surface area contributed by atoms with E-state index in [0.29, 0.717) is 28.8 Å². The molecule has 0 aliphatic carbocycles. The standard InChI is InChI=1S/C22H19FN2O6S/c1-2-30-20(27)12-25-21(28)18(32-22(25)29)11-14-5-3-4-6-17(14)31-13-19(26)24-16-9-7-15(23)8-10-16/h3-11H,2,12-13H2,1H3,(H,24,26). The fraction of sp³-hybridized carbons (Fsp3) is 0.182. The SMILES string of the molecule is CCOC(=O)CN1C(=O)SC(=Cc2ccccc2OCC(=O)Nc2ccc(F)cc2)C1=O. The molecule has 8 nitrogen and oxygen atoms in total. The van der Waals surface area contributed by atoms with Crippen LogP contribution in [0.25, 0.3) is 6.08 Å². The van der Waals surface area contributed by atoms with Crippen LogP contribution in [-0.2, 0) is 19.1 Å². The maximum atomic E-state index is 13.0. The molecule has 2 aromatic carbocycles. The van der Waals surface area contributed by atoms with E-state index in [1.54, 1.807) is 31.2 Å². The van der Waals surface area contributed by atoms with E-state index in [-0.39, 0.29) is 18.1 Å². The summed E-state index contributed by atoms with van der Waals surface area (Å²) < 4.78 is 23.3. The minimum atomic E-state index is -0.674. The van der Waals surface area contributed by atoms with Crippen LogP contribution in [0.4, 0.5) is 14.9 Å². The Bertz CT molecular complexity index is 1070. The van der Waals surface area contributed by atoms with Gasteiger partial charge in [0.1, 0.15) is 18.1 Å². The van der Waals surface area contributed by atoms with Crippen LogP contribution in [0.3, 0.4) is 0 Å². The third-order valence-corrected chi connectivity index (χ3v) is 5.07. The number of esters is 1. The molecule has 1 saturated heterocycles. The number of hydrogen-bond donors (Lipinski definition) is 1. The Hall–Kier alpha value is -3.66. The summed E-state index contributed by atoms with van der Waals surface area (Å²) in [6.07, 6.45) is 1.46. The lowest BCUT2D eigenvalue weighted by molar-refractivity contribution is -0.146. The highest BCUT2D eigenvalue weighted by Crippen LogP contribution is 2.33. The van der Waals surface area contributed by atoms with Crippen molar-refractivity contribution in [2.45, 2.75) is 6.92 Å². The van der Waals surface area contributed by atoms with Gasteiger partial charge >= 0.3 is 5.97 Å². The van der Waals surface area contributed by atoms with Crippen LogP contribution in [0.5, 0.6) is 5.75 Å². The Morgan fingerprint density at radius 3 is 2.56 bits per heavy atom. The van der Waals surface area contributed by atoms with Gasteiger partial charge in [-0.25, -0.2) is 4.39 Å². The van der Waals surface area contributed by atoms with Crippen LogP contribution in [-0.4, -0.2) is 47.7 Å². The van der Waals surface area contributed by atoms with Gasteiger partial charge in [-0.2, -0.15) is 0 Å². The van der Waals surface area contributed by atoms with E-state index in [4.69, 9.17) is 9.47 Å². The van der Waals surface area contributed by atoms with Gasteiger partial charge in [0.25, 0.3) is 17.1 Å². The molecule has 32 heavy (non-hydrogen) atoms. The predicted octanol–water partition coefficient (Wildman–Crippen LogP) is 3.44. The zero-order valence-electron chi connectivity index (χ0n) is 17.0. The largest absolute Gasteiger partial charge is 0.483 e. The van der Waals surface area contributed by atoms with Gasteiger partial charge in [0.15, 0.2) is 6.61 Å². The van der Waals surface area contributed by atoms with Crippen molar-refractivity contribution in [2.75, 3.05) is 25.1 Å². The van der Waals surface area contributed by atoms with Crippen molar-refractivity contribution in [1.82, 2.24) is 4.90 Å². The number of para-hydroxylation sites is 1. The van der Waals surface area contributed by atoms with Gasteiger partial charge in [-0.15, -0.1) is 0 Å². The summed E-state index contributed by atoms with van der Waals surface area (Å²) in [6, 6.07) is 12.0. The lowest BCUT2D eigenvalue weighted by atomic mass is 10.2. The van der Waals surface area contributed by atoms with Crippen molar-refractivity contribution >= 4 is 46.5 Å². The summed E-state index contributed by atoms with van der Waals surface area (Å²) in [7, 11) is 0. The number of benzene rings is 2. The number of imide groups is 1. The second-order valence-electron chi connectivity index (χ2n) is 6.45. The Balaban J connectivity index is 1.67. The summed E-state index contributed by atoms with van der Waals surface area (Å²) in [5.41, 5.74) is 0.896. The van der Waals surface area contributed by atoms with Crippen LogP contribution in [0.2, 0.25) is 0 Å². The second kappa shape index (κ2) is 10.6. The zero-order chi connectivity index (χ0) is 23.1. The first-order chi connectivity index (χ1) is 15.4. The fourth-order valence-electron chi connectivity index (χ4n) is 2.72. The summed E-state index contributed by atoms with van der Waals surface area (Å²) in [4.78, 5) is 49.4. The molecular weight excluding hydrogens is 439 g/mol. The Morgan fingerprint density at radius 2 is 1.84 bits per heavy atom. The number of ether oxygens (including phenoxy) is 2. The number of hydrogen-bond acceptors (Lipinski definition) is 7. The van der Waals surface area contributed by atoms with Crippen molar-refractivity contribution in [3.05, 3.63) is 64.8 Å². The van der Waals surface area contributed by atoms with Crippen molar-refractivity contribution < 1.29 is 33.0 Å². The molecule has 0 aromatic heterocycles. The smallest absolute Gasteiger partial charge is 0.326 e. The predicted molar refractivity (Wildman–Crippen MR) is 116 cm³/mol. The number of halogens is 1. The molecule has 1 fully saturated rings. The van der Waals surface area contributed by atoms with E-state index >= 15 is 0 Å². The summed E-state index contributed by atoms with van der Waals surface area (Å²) in [6.45, 7) is 0.983. The van der Waals surface area contributed by atoms with Gasteiger partial charge in [0.2, 0.25) is 0 Å². The van der Waals surface area contributed by atoms with Crippen LogP contribution >= 0.6 is 11.8 Å². The molecule has 3 amide bonds. The van der Waals surface area contributed by atoms with Crippen LogP contribution in [0.1, 0.15) is 12.5 Å². The molecule has 10 heteroatoms. The second-order valence-corrected chi connectivity index (χ2v) is 7.45. The number of thioether (sulfide) groups is 1. The maximum absolute atomic E-state index is 13.0. The highest BCUT2D eigenvalue weighted by Gasteiger charge is 2.36. The summed E-state index contributed by atoms with van der Waals surface area (Å²) in [5, 5.41) is 2.00. The van der Waals surface area contributed by atoms with Gasteiger partial charge in [0, 0.05) is 11.3 Å². The highest BCUT2D eigenvalue weighted by atomic mass is 32.2. The van der Waals surface area contributed by atoms with Gasteiger partial charge in [0.05, 0.1) is 11.5 Å². The van der Waals surface area contributed by atoms with E-state index in [9.17, 15) is 23.6 Å². The van der Waals surface area contributed by atoms with Crippen molar-refractivity contribution in [2.24, 2.45) is 0 Å². The monoisotopic (exact) mass is 458 g/mol. The molecular formula is C22H19FN2O6S. The van der Waals surface area contributed by atoms with Gasteiger partial charge < -0.3 is 14.8 Å². The summed E-state index contributed by atoms with van der Waals surface area (Å²) in [5.74, 6) is -1.84. The van der Waals surface area contributed by atoms with Crippen molar-refractivity contribution in [3.8, 4) is 5.75 Å². The van der Waals surface area contributed by atoms with E-state index in [1.165, 1.54) is 30.3 Å².